The van der Waals surface area contributed by atoms with Crippen molar-refractivity contribution in [1.29, 1.82) is 0 Å². The van der Waals surface area contributed by atoms with Crippen molar-refractivity contribution in [3.8, 4) is 11.8 Å². The van der Waals surface area contributed by atoms with Gasteiger partial charge in [-0.05, 0) is 11.6 Å². The number of hydrogen-bond acceptors (Lipinski definition) is 2. The molecule has 1 N–H and O–H groups in total. The Bertz CT molecular complexity index is 583. The molecule has 0 saturated heterocycles. The van der Waals surface area contributed by atoms with E-state index in [-0.39, 0.29) is 5.28 Å². The maximum Gasteiger partial charge on any atom is 0.225 e. The van der Waals surface area contributed by atoms with Gasteiger partial charge in [-0.25, -0.2) is 4.98 Å². The van der Waals surface area contributed by atoms with Crippen LogP contribution < -0.4 is 0 Å². The lowest BCUT2D eigenvalue weighted by molar-refractivity contribution is 1.20. The lowest BCUT2D eigenvalue weighted by Gasteiger charge is -1.94. The van der Waals surface area contributed by atoms with Crippen molar-refractivity contribution in [3.63, 3.8) is 0 Å². The van der Waals surface area contributed by atoms with Gasteiger partial charge in [-0.1, -0.05) is 39.4 Å². The van der Waals surface area contributed by atoms with E-state index in [2.05, 4.69) is 42.7 Å². The minimum atomic E-state index is 0.124. The summed E-state index contributed by atoms with van der Waals surface area (Å²) in [5.74, 6) is 6.02. The van der Waals surface area contributed by atoms with E-state index in [1.807, 2.05) is 0 Å². The molecule has 0 atom stereocenters. The highest BCUT2D eigenvalue weighted by Gasteiger charge is 2.09. The lowest BCUT2D eigenvalue weighted by atomic mass is 10.2. The van der Waals surface area contributed by atoms with Crippen LogP contribution in [0.5, 0.6) is 0 Å². The average molecular weight is 319 g/mol. The topological polar surface area (TPSA) is 41.6 Å². The molecule has 0 aromatic carbocycles. The van der Waals surface area contributed by atoms with Crippen LogP contribution in [0.3, 0.4) is 0 Å². The molecule has 6 heteroatoms. The Hall–Kier alpha value is -0.760. The standard InChI is InChI=1S/C10H6BrCl2N3/c11-4-2-1-3-6-5-14-9-7(6)8(12)15-10(13)16-9/h5H,2,4H2,(H,14,15,16). The minimum absolute atomic E-state index is 0.124. The molecule has 2 aromatic heterocycles. The van der Waals surface area contributed by atoms with Gasteiger partial charge in [-0.15, -0.1) is 0 Å². The molecule has 2 heterocycles. The molecule has 3 nitrogen and oxygen atoms in total. The summed E-state index contributed by atoms with van der Waals surface area (Å²) in [7, 11) is 0. The molecule has 2 aromatic rings. The van der Waals surface area contributed by atoms with Gasteiger partial charge >= 0.3 is 0 Å². The molecule has 0 aliphatic heterocycles. The zero-order valence-electron chi connectivity index (χ0n) is 8.02. The van der Waals surface area contributed by atoms with E-state index in [0.29, 0.717) is 16.2 Å². The van der Waals surface area contributed by atoms with E-state index < -0.39 is 0 Å². The number of rotatable bonds is 1. The van der Waals surface area contributed by atoms with Gasteiger partial charge in [0.1, 0.15) is 10.8 Å². The molecule has 0 spiro atoms. The third kappa shape index (κ3) is 2.32. The molecule has 2 rings (SSSR count). The molecule has 16 heavy (non-hydrogen) atoms. The summed E-state index contributed by atoms with van der Waals surface area (Å²) in [6.07, 6.45) is 2.53. The Morgan fingerprint density at radius 2 is 2.19 bits per heavy atom. The van der Waals surface area contributed by atoms with E-state index in [4.69, 9.17) is 23.2 Å². The van der Waals surface area contributed by atoms with Gasteiger partial charge < -0.3 is 4.98 Å². The molecule has 0 radical (unpaired) electrons. The van der Waals surface area contributed by atoms with Crippen LogP contribution in [0.15, 0.2) is 6.20 Å². The normalized spacial score (nSPS) is 10.2. The van der Waals surface area contributed by atoms with E-state index in [9.17, 15) is 0 Å². The Kier molecular flexibility index (Phi) is 3.70. The van der Waals surface area contributed by atoms with Crippen molar-refractivity contribution < 1.29 is 0 Å². The predicted octanol–water partition coefficient (Wildman–Crippen LogP) is 3.40. The fourth-order valence-corrected chi connectivity index (χ4v) is 1.95. The molecule has 0 aliphatic carbocycles. The van der Waals surface area contributed by atoms with Gasteiger partial charge in [-0.2, -0.15) is 4.98 Å². The zero-order chi connectivity index (χ0) is 11.5. The number of aromatic amines is 1. The Morgan fingerprint density at radius 3 is 2.94 bits per heavy atom. The largest absolute Gasteiger partial charge is 0.345 e. The first kappa shape index (κ1) is 11.7. The maximum atomic E-state index is 5.99. The second-order valence-electron chi connectivity index (χ2n) is 2.95. The van der Waals surface area contributed by atoms with E-state index in [1.54, 1.807) is 6.20 Å². The van der Waals surface area contributed by atoms with E-state index >= 15 is 0 Å². The fraction of sp³-hybridized carbons (Fsp3) is 0.200. The van der Waals surface area contributed by atoms with Crippen LogP contribution in [0.4, 0.5) is 0 Å². The Morgan fingerprint density at radius 1 is 1.38 bits per heavy atom. The predicted molar refractivity (Wildman–Crippen MR) is 69.2 cm³/mol. The molecule has 0 bridgehead atoms. The molecule has 0 amide bonds. The smallest absolute Gasteiger partial charge is 0.225 e. The van der Waals surface area contributed by atoms with Crippen LogP contribution in [-0.4, -0.2) is 20.3 Å². The summed E-state index contributed by atoms with van der Waals surface area (Å²) < 4.78 is 0. The van der Waals surface area contributed by atoms with Gasteiger partial charge in [0.2, 0.25) is 5.28 Å². The third-order valence-corrected chi connectivity index (χ3v) is 2.74. The highest BCUT2D eigenvalue weighted by Crippen LogP contribution is 2.24. The second-order valence-corrected chi connectivity index (χ2v) is 4.44. The highest BCUT2D eigenvalue weighted by molar-refractivity contribution is 9.09. The monoisotopic (exact) mass is 317 g/mol. The molecular weight excluding hydrogens is 313 g/mol. The van der Waals surface area contributed by atoms with Crippen LogP contribution in [0.2, 0.25) is 10.4 Å². The SMILES string of the molecule is Clc1nc(Cl)c2c(C#CCCBr)c[nH]c2n1. The van der Waals surface area contributed by atoms with Crippen LogP contribution in [-0.2, 0) is 0 Å². The van der Waals surface area contributed by atoms with Crippen molar-refractivity contribution in [2.24, 2.45) is 0 Å². The minimum Gasteiger partial charge on any atom is -0.345 e. The molecule has 82 valence electrons. The van der Waals surface area contributed by atoms with Crippen molar-refractivity contribution in [2.75, 3.05) is 5.33 Å². The molecule has 0 unspecified atom stereocenters. The maximum absolute atomic E-state index is 5.99. The van der Waals surface area contributed by atoms with E-state index in [0.717, 1.165) is 17.3 Å². The van der Waals surface area contributed by atoms with Gasteiger partial charge in [-0.3, -0.25) is 0 Å². The summed E-state index contributed by atoms with van der Waals surface area (Å²) in [5.41, 5.74) is 1.39. The quantitative estimate of drug-likeness (QED) is 0.379. The van der Waals surface area contributed by atoms with Crippen LogP contribution in [0.1, 0.15) is 12.0 Å². The number of aromatic nitrogens is 3. The number of alkyl halides is 1. The first-order valence-corrected chi connectivity index (χ1v) is 6.35. The average Bonchev–Trinajstić information content (AvgIpc) is 2.62. The van der Waals surface area contributed by atoms with Gasteiger partial charge in [0.15, 0.2) is 0 Å². The Balaban J connectivity index is 2.53. The summed E-state index contributed by atoms with van der Waals surface area (Å²) in [6.45, 7) is 0. The summed E-state index contributed by atoms with van der Waals surface area (Å²) in [4.78, 5) is 10.9. The first-order valence-electron chi connectivity index (χ1n) is 4.47. The van der Waals surface area contributed by atoms with Gasteiger partial charge in [0.25, 0.3) is 0 Å². The molecule has 0 fully saturated rings. The first-order chi connectivity index (χ1) is 7.72. The van der Waals surface area contributed by atoms with Crippen molar-refractivity contribution in [3.05, 3.63) is 22.2 Å². The second kappa shape index (κ2) is 5.05. The van der Waals surface area contributed by atoms with E-state index in [1.165, 1.54) is 0 Å². The van der Waals surface area contributed by atoms with Crippen molar-refractivity contribution in [1.82, 2.24) is 15.0 Å². The molecule has 0 saturated carbocycles. The summed E-state index contributed by atoms with van der Waals surface area (Å²) in [5, 5.41) is 2.00. The molecule has 0 aliphatic rings. The Labute approximate surface area is 111 Å². The number of hydrogen-bond donors (Lipinski definition) is 1. The zero-order valence-corrected chi connectivity index (χ0v) is 11.1. The van der Waals surface area contributed by atoms with Gasteiger partial charge in [0, 0.05) is 17.9 Å². The summed E-state index contributed by atoms with van der Waals surface area (Å²) in [6, 6.07) is 0. The lowest BCUT2D eigenvalue weighted by Crippen LogP contribution is -1.85. The number of nitrogens with zero attached hydrogens (tertiary/aromatic N) is 2. The van der Waals surface area contributed by atoms with Crippen LogP contribution in [0, 0.1) is 11.8 Å². The van der Waals surface area contributed by atoms with Crippen LogP contribution >= 0.6 is 39.1 Å². The highest BCUT2D eigenvalue weighted by atomic mass is 79.9. The number of H-pyrrole nitrogens is 1. The third-order valence-electron chi connectivity index (χ3n) is 1.90. The van der Waals surface area contributed by atoms with Gasteiger partial charge in [0.05, 0.1) is 10.9 Å². The van der Waals surface area contributed by atoms with Crippen LogP contribution in [0.25, 0.3) is 11.0 Å². The van der Waals surface area contributed by atoms with Crippen molar-refractivity contribution in [2.45, 2.75) is 6.42 Å². The molecular formula is C10H6BrCl2N3. The fourth-order valence-electron chi connectivity index (χ4n) is 1.27. The number of nitrogens with one attached hydrogen (secondary N) is 1. The summed E-state index contributed by atoms with van der Waals surface area (Å²) >= 11 is 15.0. The number of fused-ring (bicyclic) bond motifs is 1. The van der Waals surface area contributed by atoms with Crippen molar-refractivity contribution >= 4 is 50.2 Å². The number of halogens is 3.